The minimum atomic E-state index is -0.880. The van der Waals surface area contributed by atoms with Crippen molar-refractivity contribution in [1.82, 2.24) is 4.90 Å². The molecule has 138 valence electrons. The average Bonchev–Trinajstić information content (AvgIpc) is 3.54. The number of nitrogens with zero attached hydrogens (tertiary/aromatic N) is 1. The molecule has 3 heteroatoms. The molecule has 0 aromatic heterocycles. The van der Waals surface area contributed by atoms with E-state index in [1.54, 1.807) is 4.90 Å². The van der Waals surface area contributed by atoms with Gasteiger partial charge >= 0.3 is 6.09 Å². The Hall–Kier alpha value is -3.51. The van der Waals surface area contributed by atoms with Crippen molar-refractivity contribution >= 4 is 6.09 Å². The second-order valence-corrected chi connectivity index (χ2v) is 7.08. The van der Waals surface area contributed by atoms with E-state index in [2.05, 4.69) is 11.8 Å². The summed E-state index contributed by atoms with van der Waals surface area (Å²) in [6.07, 6.45) is 0.816. The average molecular weight is 367 g/mol. The normalized spacial score (nSPS) is 13.9. The lowest BCUT2D eigenvalue weighted by Crippen LogP contribution is -2.39. The van der Waals surface area contributed by atoms with E-state index in [9.17, 15) is 9.90 Å². The van der Waals surface area contributed by atoms with Crippen molar-refractivity contribution in [3.63, 3.8) is 0 Å². The molecule has 1 saturated carbocycles. The van der Waals surface area contributed by atoms with Crippen LogP contribution in [-0.4, -0.2) is 16.1 Å². The molecular weight excluding hydrogens is 346 g/mol. The molecule has 1 amide bonds. The van der Waals surface area contributed by atoms with Crippen LogP contribution in [0.25, 0.3) is 0 Å². The van der Waals surface area contributed by atoms with Gasteiger partial charge in [0.05, 0.1) is 5.54 Å². The van der Waals surface area contributed by atoms with Gasteiger partial charge in [-0.1, -0.05) is 72.5 Å². The summed E-state index contributed by atoms with van der Waals surface area (Å²) >= 11 is 0. The molecule has 1 aliphatic rings. The highest BCUT2D eigenvalue weighted by atomic mass is 16.4. The number of carboxylic acid groups (broad SMARTS) is 1. The van der Waals surface area contributed by atoms with Crippen LogP contribution in [0.15, 0.2) is 84.9 Å². The van der Waals surface area contributed by atoms with Crippen LogP contribution in [-0.2, 0) is 12.1 Å². The van der Waals surface area contributed by atoms with Crippen LogP contribution < -0.4 is 0 Å². The molecule has 1 fully saturated rings. The number of amides is 1. The monoisotopic (exact) mass is 367 g/mol. The van der Waals surface area contributed by atoms with Gasteiger partial charge in [0.1, 0.15) is 0 Å². The number of carbonyl (C=O) groups is 1. The van der Waals surface area contributed by atoms with Crippen LogP contribution in [0, 0.1) is 11.8 Å². The minimum Gasteiger partial charge on any atom is -0.465 e. The summed E-state index contributed by atoms with van der Waals surface area (Å²) in [5.74, 6) is 6.33. The maximum absolute atomic E-state index is 12.0. The van der Waals surface area contributed by atoms with Gasteiger partial charge in [0, 0.05) is 17.7 Å². The first-order valence-corrected chi connectivity index (χ1v) is 9.39. The summed E-state index contributed by atoms with van der Waals surface area (Å²) < 4.78 is 0. The summed E-state index contributed by atoms with van der Waals surface area (Å²) in [6, 6.07) is 27.6. The molecule has 0 bridgehead atoms. The van der Waals surface area contributed by atoms with Crippen LogP contribution >= 0.6 is 0 Å². The Morgan fingerprint density at radius 3 is 1.89 bits per heavy atom. The summed E-state index contributed by atoms with van der Waals surface area (Å²) in [4.78, 5) is 13.6. The second-order valence-electron chi connectivity index (χ2n) is 7.08. The summed E-state index contributed by atoms with van der Waals surface area (Å²) in [5, 5.41) is 9.84. The molecule has 0 heterocycles. The van der Waals surface area contributed by atoms with Gasteiger partial charge in [0.25, 0.3) is 0 Å². The topological polar surface area (TPSA) is 40.5 Å². The highest BCUT2D eigenvalue weighted by molar-refractivity contribution is 5.68. The maximum Gasteiger partial charge on any atom is 0.408 e. The molecule has 3 aromatic carbocycles. The van der Waals surface area contributed by atoms with E-state index in [1.807, 2.05) is 84.9 Å². The molecular formula is C25H21NO2. The first kappa shape index (κ1) is 17.9. The van der Waals surface area contributed by atoms with Gasteiger partial charge in [-0.05, 0) is 48.2 Å². The summed E-state index contributed by atoms with van der Waals surface area (Å²) in [7, 11) is 0. The van der Waals surface area contributed by atoms with E-state index in [0.717, 1.165) is 35.1 Å². The molecule has 1 N–H and O–H groups in total. The second kappa shape index (κ2) is 7.62. The number of rotatable bonds is 4. The predicted octanol–water partition coefficient (Wildman–Crippen LogP) is 5.26. The maximum atomic E-state index is 12.0. The van der Waals surface area contributed by atoms with Gasteiger partial charge in [-0.2, -0.15) is 0 Å². The molecule has 4 rings (SSSR count). The number of hydrogen-bond acceptors (Lipinski definition) is 1. The molecule has 1 aliphatic carbocycles. The van der Waals surface area contributed by atoms with Crippen molar-refractivity contribution in [2.45, 2.75) is 24.9 Å². The molecule has 28 heavy (non-hydrogen) atoms. The fourth-order valence-corrected chi connectivity index (χ4v) is 3.53. The van der Waals surface area contributed by atoms with E-state index in [-0.39, 0.29) is 0 Å². The Morgan fingerprint density at radius 1 is 0.821 bits per heavy atom. The minimum absolute atomic E-state index is 0.395. The highest BCUT2D eigenvalue weighted by Gasteiger charge is 2.51. The molecule has 0 spiro atoms. The van der Waals surface area contributed by atoms with Crippen LogP contribution in [0.4, 0.5) is 4.79 Å². The van der Waals surface area contributed by atoms with E-state index in [4.69, 9.17) is 0 Å². The summed E-state index contributed by atoms with van der Waals surface area (Å²) in [5.41, 5.74) is 3.52. The number of benzene rings is 3. The lowest BCUT2D eigenvalue weighted by atomic mass is 10.0. The van der Waals surface area contributed by atoms with Gasteiger partial charge in [0.2, 0.25) is 0 Å². The lowest BCUT2D eigenvalue weighted by Gasteiger charge is -2.30. The SMILES string of the molecule is O=C(O)N(Cc1ccccc1)C1(c2ccc(C#Cc3ccccc3)cc2)CC1. The highest BCUT2D eigenvalue weighted by Crippen LogP contribution is 2.51. The van der Waals surface area contributed by atoms with Gasteiger partial charge < -0.3 is 5.11 Å². The van der Waals surface area contributed by atoms with Crippen molar-refractivity contribution < 1.29 is 9.90 Å². The van der Waals surface area contributed by atoms with Crippen molar-refractivity contribution in [3.8, 4) is 11.8 Å². The Kier molecular flexibility index (Phi) is 4.87. The van der Waals surface area contributed by atoms with Crippen molar-refractivity contribution in [2.24, 2.45) is 0 Å². The van der Waals surface area contributed by atoms with Crippen LogP contribution in [0.5, 0.6) is 0 Å². The smallest absolute Gasteiger partial charge is 0.408 e. The summed E-state index contributed by atoms with van der Waals surface area (Å²) in [6.45, 7) is 0.395. The largest absolute Gasteiger partial charge is 0.465 e. The predicted molar refractivity (Wildman–Crippen MR) is 110 cm³/mol. The van der Waals surface area contributed by atoms with E-state index >= 15 is 0 Å². The van der Waals surface area contributed by atoms with E-state index in [0.29, 0.717) is 6.54 Å². The zero-order valence-corrected chi connectivity index (χ0v) is 15.5. The van der Waals surface area contributed by atoms with Gasteiger partial charge in [0.15, 0.2) is 0 Å². The standard InChI is InChI=1S/C25H21NO2/c27-24(28)26(19-22-9-5-2-6-10-22)25(17-18-25)23-15-13-21(14-16-23)12-11-20-7-3-1-4-8-20/h1-10,13-16H,17-19H2,(H,27,28). The first-order chi connectivity index (χ1) is 13.7. The third kappa shape index (κ3) is 3.77. The van der Waals surface area contributed by atoms with Crippen LogP contribution in [0.3, 0.4) is 0 Å². The first-order valence-electron chi connectivity index (χ1n) is 9.39. The third-order valence-corrected chi connectivity index (χ3v) is 5.20. The molecule has 3 aromatic rings. The van der Waals surface area contributed by atoms with E-state index < -0.39 is 11.6 Å². The molecule has 0 atom stereocenters. The lowest BCUT2D eigenvalue weighted by molar-refractivity contribution is 0.112. The van der Waals surface area contributed by atoms with E-state index in [1.165, 1.54) is 0 Å². The zero-order chi connectivity index (χ0) is 19.4. The molecule has 0 unspecified atom stereocenters. The molecule has 0 radical (unpaired) electrons. The van der Waals surface area contributed by atoms with Crippen molar-refractivity contribution in [3.05, 3.63) is 107 Å². The molecule has 0 aliphatic heterocycles. The zero-order valence-electron chi connectivity index (χ0n) is 15.5. The Balaban J connectivity index is 1.55. The number of hydrogen-bond donors (Lipinski definition) is 1. The molecule has 3 nitrogen and oxygen atoms in total. The van der Waals surface area contributed by atoms with Crippen molar-refractivity contribution in [2.75, 3.05) is 0 Å². The van der Waals surface area contributed by atoms with Crippen LogP contribution in [0.2, 0.25) is 0 Å². The Bertz CT molecular complexity index is 1010. The fraction of sp³-hybridized carbons (Fsp3) is 0.160. The van der Waals surface area contributed by atoms with Gasteiger partial charge in [-0.3, -0.25) is 4.90 Å². The Labute approximate surface area is 165 Å². The third-order valence-electron chi connectivity index (χ3n) is 5.20. The van der Waals surface area contributed by atoms with Gasteiger partial charge in [-0.25, -0.2) is 4.79 Å². The van der Waals surface area contributed by atoms with Crippen LogP contribution in [0.1, 0.15) is 35.1 Å². The fourth-order valence-electron chi connectivity index (χ4n) is 3.53. The molecule has 0 saturated heterocycles. The quantitative estimate of drug-likeness (QED) is 0.639. The van der Waals surface area contributed by atoms with Crippen molar-refractivity contribution in [1.29, 1.82) is 0 Å². The van der Waals surface area contributed by atoms with Gasteiger partial charge in [-0.15, -0.1) is 0 Å². The Morgan fingerprint density at radius 2 is 1.36 bits per heavy atom.